The number of hydrogen-bond donors (Lipinski definition) is 1. The number of likely N-dealkylation sites (tertiary alicyclic amines) is 1. The van der Waals surface area contributed by atoms with E-state index < -0.39 is 11.9 Å². The lowest BCUT2D eigenvalue weighted by Crippen LogP contribution is -2.35. The molecule has 1 amide bonds. The number of carbonyl (C=O) groups excluding carboxylic acids is 1. The van der Waals surface area contributed by atoms with Gasteiger partial charge in [0.15, 0.2) is 0 Å². The van der Waals surface area contributed by atoms with Gasteiger partial charge < -0.3 is 10.0 Å². The molecular weight excluding hydrogens is 358 g/mol. The van der Waals surface area contributed by atoms with Gasteiger partial charge in [0.25, 0.3) is 0 Å². The topological polar surface area (TPSA) is 84.5 Å². The molecule has 1 aliphatic rings. The fourth-order valence-electron chi connectivity index (χ4n) is 4.05. The van der Waals surface area contributed by atoms with Gasteiger partial charge in [0, 0.05) is 26.1 Å². The molecule has 0 radical (unpaired) electrons. The summed E-state index contributed by atoms with van der Waals surface area (Å²) in [5, 5.41) is 9.63. The molecule has 28 heavy (non-hydrogen) atoms. The quantitative estimate of drug-likeness (QED) is 0.747. The second kappa shape index (κ2) is 6.99. The molecule has 0 aliphatic carbocycles. The summed E-state index contributed by atoms with van der Waals surface area (Å²) in [6, 6.07) is 16.7. The highest BCUT2D eigenvalue weighted by molar-refractivity contribution is 5.82. The van der Waals surface area contributed by atoms with Crippen molar-refractivity contribution >= 4 is 22.9 Å². The van der Waals surface area contributed by atoms with E-state index in [1.54, 1.807) is 18.0 Å². The third kappa shape index (κ3) is 2.98. The number of carbonyl (C=O) groups is 2. The van der Waals surface area contributed by atoms with Crippen LogP contribution in [0.1, 0.15) is 11.5 Å². The lowest BCUT2D eigenvalue weighted by Gasteiger charge is -2.17. The van der Waals surface area contributed by atoms with E-state index in [0.29, 0.717) is 12.1 Å². The number of aliphatic carboxylic acids is 1. The van der Waals surface area contributed by atoms with Gasteiger partial charge in [0.2, 0.25) is 5.91 Å². The molecule has 1 fully saturated rings. The van der Waals surface area contributed by atoms with Crippen molar-refractivity contribution in [3.8, 4) is 0 Å². The van der Waals surface area contributed by atoms with E-state index in [1.165, 1.54) is 9.13 Å². The predicted octanol–water partition coefficient (Wildman–Crippen LogP) is 1.67. The number of aromatic nitrogens is 2. The van der Waals surface area contributed by atoms with Gasteiger partial charge in [-0.15, -0.1) is 0 Å². The third-order valence-electron chi connectivity index (χ3n) is 5.56. The number of para-hydroxylation sites is 2. The van der Waals surface area contributed by atoms with Crippen LogP contribution in [-0.4, -0.2) is 44.1 Å². The van der Waals surface area contributed by atoms with E-state index in [0.717, 1.165) is 11.1 Å². The Morgan fingerprint density at radius 3 is 2.32 bits per heavy atom. The predicted molar refractivity (Wildman–Crippen MR) is 104 cm³/mol. The van der Waals surface area contributed by atoms with Gasteiger partial charge >= 0.3 is 11.7 Å². The first-order chi connectivity index (χ1) is 13.5. The Labute approximate surface area is 161 Å². The molecule has 0 saturated carbocycles. The Balaban J connectivity index is 1.60. The van der Waals surface area contributed by atoms with Crippen LogP contribution in [-0.2, 0) is 23.2 Å². The van der Waals surface area contributed by atoms with Crippen molar-refractivity contribution in [3.05, 3.63) is 70.6 Å². The van der Waals surface area contributed by atoms with E-state index in [9.17, 15) is 19.5 Å². The number of fused-ring (bicyclic) bond motifs is 1. The Hall–Kier alpha value is -3.35. The van der Waals surface area contributed by atoms with Crippen LogP contribution in [0.2, 0.25) is 0 Å². The van der Waals surface area contributed by atoms with Crippen molar-refractivity contribution < 1.29 is 14.7 Å². The number of carboxylic acids is 1. The summed E-state index contributed by atoms with van der Waals surface area (Å²) >= 11 is 0. The number of benzene rings is 2. The molecule has 1 aliphatic heterocycles. The Kier molecular flexibility index (Phi) is 4.50. The van der Waals surface area contributed by atoms with Gasteiger partial charge in [-0.3, -0.25) is 18.7 Å². The lowest BCUT2D eigenvalue weighted by molar-refractivity contribution is -0.141. The van der Waals surface area contributed by atoms with Crippen LogP contribution >= 0.6 is 0 Å². The summed E-state index contributed by atoms with van der Waals surface area (Å²) in [4.78, 5) is 38.8. The van der Waals surface area contributed by atoms with Gasteiger partial charge in [0.05, 0.1) is 17.0 Å². The minimum absolute atomic E-state index is 0.103. The summed E-state index contributed by atoms with van der Waals surface area (Å²) in [6.07, 6.45) is 0. The van der Waals surface area contributed by atoms with Crippen molar-refractivity contribution in [1.82, 2.24) is 14.0 Å². The molecule has 4 rings (SSSR count). The molecule has 2 atom stereocenters. The first kappa shape index (κ1) is 18.0. The maximum absolute atomic E-state index is 12.9. The molecule has 2 aromatic carbocycles. The van der Waals surface area contributed by atoms with Crippen molar-refractivity contribution in [1.29, 1.82) is 0 Å². The first-order valence-electron chi connectivity index (χ1n) is 9.17. The lowest BCUT2D eigenvalue weighted by atomic mass is 9.89. The Morgan fingerprint density at radius 1 is 1.00 bits per heavy atom. The first-order valence-corrected chi connectivity index (χ1v) is 9.17. The number of nitrogens with zero attached hydrogens (tertiary/aromatic N) is 3. The van der Waals surface area contributed by atoms with Crippen LogP contribution in [0.4, 0.5) is 0 Å². The highest BCUT2D eigenvalue weighted by Gasteiger charge is 2.40. The van der Waals surface area contributed by atoms with Crippen molar-refractivity contribution in [2.24, 2.45) is 13.0 Å². The van der Waals surface area contributed by atoms with Gasteiger partial charge in [-0.1, -0.05) is 42.5 Å². The second-order valence-electron chi connectivity index (χ2n) is 7.18. The SMILES string of the molecule is Cn1c(=O)n(CC(=O)N2C[C@H](C(=O)O)[C@H](c3ccccc3)C2)c2ccccc21. The molecule has 0 unspecified atom stereocenters. The molecule has 7 heteroatoms. The highest BCUT2D eigenvalue weighted by Crippen LogP contribution is 2.33. The molecule has 3 aromatic rings. The molecule has 1 aromatic heterocycles. The smallest absolute Gasteiger partial charge is 0.329 e. The summed E-state index contributed by atoms with van der Waals surface area (Å²) in [5.74, 6) is -2.07. The number of carboxylic acid groups (broad SMARTS) is 1. The monoisotopic (exact) mass is 379 g/mol. The van der Waals surface area contributed by atoms with Gasteiger partial charge in [-0.05, 0) is 17.7 Å². The van der Waals surface area contributed by atoms with Crippen LogP contribution in [0, 0.1) is 5.92 Å². The fraction of sp³-hybridized carbons (Fsp3) is 0.286. The zero-order valence-corrected chi connectivity index (χ0v) is 15.5. The largest absolute Gasteiger partial charge is 0.481 e. The van der Waals surface area contributed by atoms with Crippen molar-refractivity contribution in [2.75, 3.05) is 13.1 Å². The minimum atomic E-state index is -0.911. The van der Waals surface area contributed by atoms with Crippen molar-refractivity contribution in [3.63, 3.8) is 0 Å². The van der Waals surface area contributed by atoms with E-state index >= 15 is 0 Å². The van der Waals surface area contributed by atoms with Gasteiger partial charge in [-0.25, -0.2) is 4.79 Å². The molecule has 2 heterocycles. The van der Waals surface area contributed by atoms with E-state index in [1.807, 2.05) is 48.5 Å². The molecule has 144 valence electrons. The highest BCUT2D eigenvalue weighted by atomic mass is 16.4. The van der Waals surface area contributed by atoms with Crippen molar-refractivity contribution in [2.45, 2.75) is 12.5 Å². The van der Waals surface area contributed by atoms with E-state index in [-0.39, 0.29) is 30.6 Å². The Morgan fingerprint density at radius 2 is 1.64 bits per heavy atom. The maximum atomic E-state index is 12.9. The van der Waals surface area contributed by atoms with E-state index in [2.05, 4.69) is 0 Å². The number of rotatable bonds is 4. The molecule has 1 saturated heterocycles. The zero-order chi connectivity index (χ0) is 19.8. The molecule has 0 spiro atoms. The number of imidazole rings is 1. The van der Waals surface area contributed by atoms with Crippen LogP contribution < -0.4 is 5.69 Å². The fourth-order valence-corrected chi connectivity index (χ4v) is 4.05. The van der Waals surface area contributed by atoms with E-state index in [4.69, 9.17) is 0 Å². The molecule has 0 bridgehead atoms. The summed E-state index contributed by atoms with van der Waals surface area (Å²) < 4.78 is 2.96. The molecular formula is C21H21N3O4. The van der Waals surface area contributed by atoms with Gasteiger partial charge in [-0.2, -0.15) is 0 Å². The number of aryl methyl sites for hydroxylation is 1. The van der Waals surface area contributed by atoms with Crippen LogP contribution in [0.3, 0.4) is 0 Å². The third-order valence-corrected chi connectivity index (χ3v) is 5.56. The Bertz CT molecular complexity index is 1100. The normalized spacial score (nSPS) is 19.2. The molecule has 7 nitrogen and oxygen atoms in total. The minimum Gasteiger partial charge on any atom is -0.481 e. The standard InChI is InChI=1S/C21H21N3O4/c1-22-17-9-5-6-10-18(17)24(21(22)28)13-19(25)23-11-15(16(12-23)20(26)27)14-7-3-2-4-8-14/h2-10,15-16H,11-13H2,1H3,(H,26,27)/t15-,16-/m0/s1. The summed E-state index contributed by atoms with van der Waals surface area (Å²) in [7, 11) is 1.67. The van der Waals surface area contributed by atoms with Crippen LogP contribution in [0.15, 0.2) is 59.4 Å². The van der Waals surface area contributed by atoms with Crippen LogP contribution in [0.5, 0.6) is 0 Å². The van der Waals surface area contributed by atoms with Crippen LogP contribution in [0.25, 0.3) is 11.0 Å². The summed E-state index contributed by atoms with van der Waals surface area (Å²) in [5.41, 5.74) is 2.10. The number of hydrogen-bond acceptors (Lipinski definition) is 3. The van der Waals surface area contributed by atoms with Gasteiger partial charge in [0.1, 0.15) is 6.54 Å². The average molecular weight is 379 g/mol. The average Bonchev–Trinajstić information content (AvgIpc) is 3.26. The maximum Gasteiger partial charge on any atom is 0.329 e. The zero-order valence-electron chi connectivity index (χ0n) is 15.5. The molecule has 1 N–H and O–H groups in total. The second-order valence-corrected chi connectivity index (χ2v) is 7.18. The number of amides is 1. The summed E-state index contributed by atoms with van der Waals surface area (Å²) in [6.45, 7) is 0.376.